The van der Waals surface area contributed by atoms with Crippen LogP contribution in [0.15, 0.2) is 4.99 Å². The van der Waals surface area contributed by atoms with E-state index >= 15 is 0 Å². The van der Waals surface area contributed by atoms with Gasteiger partial charge < -0.3 is 25.7 Å². The molecule has 0 aromatic rings. The lowest BCUT2D eigenvalue weighted by Gasteiger charge is -2.31. The molecule has 1 atom stereocenters. The van der Waals surface area contributed by atoms with Crippen molar-refractivity contribution in [3.63, 3.8) is 0 Å². The third-order valence-corrected chi connectivity index (χ3v) is 2.62. The second kappa shape index (κ2) is 9.24. The van der Waals surface area contributed by atoms with E-state index in [2.05, 4.69) is 4.99 Å². The summed E-state index contributed by atoms with van der Waals surface area (Å²) in [6, 6.07) is -1.04. The molecule has 0 bridgehead atoms. The number of hydrogen-bond donors (Lipinski definition) is 2. The Bertz CT molecular complexity index is 474. The van der Waals surface area contributed by atoms with Gasteiger partial charge in [0.25, 0.3) is 0 Å². The molecule has 9 heteroatoms. The molecule has 144 valence electrons. The Morgan fingerprint density at radius 3 is 1.80 bits per heavy atom. The maximum Gasteiger partial charge on any atom is 0.420 e. The summed E-state index contributed by atoms with van der Waals surface area (Å²) in [5, 5.41) is 0. The van der Waals surface area contributed by atoms with E-state index in [4.69, 9.17) is 20.9 Å². The van der Waals surface area contributed by atoms with Crippen molar-refractivity contribution in [1.29, 1.82) is 0 Å². The number of carbonyl (C=O) groups is 3. The molecule has 0 heterocycles. The zero-order valence-corrected chi connectivity index (χ0v) is 15.9. The minimum atomic E-state index is -1.04. The van der Waals surface area contributed by atoms with E-state index in [1.165, 1.54) is 0 Å². The molecule has 0 aliphatic heterocycles. The SMILES string of the molecule is CC(C)(C)OC(=O)N(C(=O)OC(C)(C)C)[C@H](C=O)CCCN=C(N)N. The quantitative estimate of drug-likeness (QED) is 0.319. The van der Waals surface area contributed by atoms with E-state index in [1.807, 2.05) is 0 Å². The van der Waals surface area contributed by atoms with Gasteiger partial charge in [-0.15, -0.1) is 0 Å². The molecule has 0 aromatic carbocycles. The number of amides is 2. The van der Waals surface area contributed by atoms with Crippen LogP contribution in [0, 0.1) is 0 Å². The second-order valence-corrected chi connectivity index (χ2v) is 7.48. The number of aliphatic imine (C=N–C) groups is 1. The van der Waals surface area contributed by atoms with Crippen molar-refractivity contribution in [2.24, 2.45) is 16.5 Å². The topological polar surface area (TPSA) is 137 Å². The first-order valence-corrected chi connectivity index (χ1v) is 8.02. The molecular weight excluding hydrogens is 328 g/mol. The maximum atomic E-state index is 12.4. The Balaban J connectivity index is 5.30. The van der Waals surface area contributed by atoms with Gasteiger partial charge in [-0.2, -0.15) is 0 Å². The third-order valence-electron chi connectivity index (χ3n) is 2.62. The normalized spacial score (nSPS) is 12.7. The number of carbonyl (C=O) groups excluding carboxylic acids is 3. The number of guanidine groups is 1. The average Bonchev–Trinajstić information content (AvgIpc) is 2.37. The van der Waals surface area contributed by atoms with E-state index in [-0.39, 0.29) is 18.9 Å². The summed E-state index contributed by atoms with van der Waals surface area (Å²) < 4.78 is 10.4. The van der Waals surface area contributed by atoms with Crippen LogP contribution < -0.4 is 11.5 Å². The van der Waals surface area contributed by atoms with Crippen molar-refractivity contribution in [2.75, 3.05) is 6.54 Å². The zero-order valence-electron chi connectivity index (χ0n) is 15.9. The fraction of sp³-hybridized carbons (Fsp3) is 0.750. The van der Waals surface area contributed by atoms with Gasteiger partial charge in [0, 0.05) is 6.54 Å². The number of ether oxygens (including phenoxy) is 2. The number of imide groups is 1. The third kappa shape index (κ3) is 10.2. The van der Waals surface area contributed by atoms with Crippen molar-refractivity contribution in [3.8, 4) is 0 Å². The monoisotopic (exact) mass is 358 g/mol. The molecule has 0 aromatic heterocycles. The van der Waals surface area contributed by atoms with Crippen molar-refractivity contribution < 1.29 is 23.9 Å². The van der Waals surface area contributed by atoms with Crippen LogP contribution in [0.25, 0.3) is 0 Å². The molecule has 0 aliphatic carbocycles. The van der Waals surface area contributed by atoms with Gasteiger partial charge in [0.15, 0.2) is 5.96 Å². The van der Waals surface area contributed by atoms with Crippen molar-refractivity contribution >= 4 is 24.4 Å². The van der Waals surface area contributed by atoms with E-state index in [1.54, 1.807) is 41.5 Å². The van der Waals surface area contributed by atoms with E-state index < -0.39 is 29.4 Å². The Morgan fingerprint density at radius 2 is 1.48 bits per heavy atom. The maximum absolute atomic E-state index is 12.4. The highest BCUT2D eigenvalue weighted by atomic mass is 16.6. The molecule has 0 rings (SSSR count). The molecule has 0 unspecified atom stereocenters. The van der Waals surface area contributed by atoms with E-state index in [0.717, 1.165) is 0 Å². The Morgan fingerprint density at radius 1 is 1.04 bits per heavy atom. The molecule has 4 N–H and O–H groups in total. The van der Waals surface area contributed by atoms with Gasteiger partial charge >= 0.3 is 12.2 Å². The summed E-state index contributed by atoms with van der Waals surface area (Å²) in [4.78, 5) is 40.8. The van der Waals surface area contributed by atoms with Crippen LogP contribution in [-0.2, 0) is 14.3 Å². The lowest BCUT2D eigenvalue weighted by Crippen LogP contribution is -2.49. The molecule has 0 aliphatic rings. The summed E-state index contributed by atoms with van der Waals surface area (Å²) >= 11 is 0. The molecule has 0 saturated carbocycles. The van der Waals surface area contributed by atoms with E-state index in [9.17, 15) is 14.4 Å². The molecule has 25 heavy (non-hydrogen) atoms. The van der Waals surface area contributed by atoms with Crippen LogP contribution in [0.2, 0.25) is 0 Å². The first-order chi connectivity index (χ1) is 11.3. The molecule has 9 nitrogen and oxygen atoms in total. The molecule has 0 radical (unpaired) electrons. The second-order valence-electron chi connectivity index (χ2n) is 7.48. The zero-order chi connectivity index (χ0) is 19.8. The summed E-state index contributed by atoms with van der Waals surface area (Å²) in [7, 11) is 0. The molecule has 0 fully saturated rings. The number of hydrogen-bond acceptors (Lipinski definition) is 6. The van der Waals surface area contributed by atoms with Crippen LogP contribution in [0.1, 0.15) is 54.4 Å². The average molecular weight is 358 g/mol. The highest BCUT2D eigenvalue weighted by Crippen LogP contribution is 2.18. The van der Waals surface area contributed by atoms with Gasteiger partial charge in [-0.05, 0) is 54.4 Å². The molecule has 0 saturated heterocycles. The minimum Gasteiger partial charge on any atom is -0.443 e. The number of nitrogens with zero attached hydrogens (tertiary/aromatic N) is 2. The van der Waals surface area contributed by atoms with Crippen molar-refractivity contribution in [2.45, 2.75) is 71.6 Å². The lowest BCUT2D eigenvalue weighted by atomic mass is 10.1. The lowest BCUT2D eigenvalue weighted by molar-refractivity contribution is -0.112. The fourth-order valence-corrected chi connectivity index (χ4v) is 1.73. The van der Waals surface area contributed by atoms with Gasteiger partial charge in [-0.25, -0.2) is 14.5 Å². The number of nitrogens with two attached hydrogens (primary N) is 2. The summed E-state index contributed by atoms with van der Waals surface area (Å²) in [5.74, 6) is -0.0706. The first kappa shape index (κ1) is 22.7. The standard InChI is InChI=1S/C16H30N4O5/c1-15(2,3)24-13(22)20(14(23)25-16(4,5)6)11(10-21)8-7-9-19-12(17)18/h10-11H,7-9H2,1-6H3,(H4,17,18,19)/t11-/m0/s1. The highest BCUT2D eigenvalue weighted by molar-refractivity contribution is 5.91. The van der Waals surface area contributed by atoms with Gasteiger partial charge in [0.05, 0.1) is 0 Å². The number of rotatable bonds is 6. The van der Waals surface area contributed by atoms with Crippen molar-refractivity contribution in [3.05, 3.63) is 0 Å². The number of aldehydes is 1. The Labute approximate surface area is 148 Å². The van der Waals surface area contributed by atoms with Crippen LogP contribution in [0.5, 0.6) is 0 Å². The van der Waals surface area contributed by atoms with E-state index in [0.29, 0.717) is 17.6 Å². The minimum absolute atomic E-state index is 0.0706. The van der Waals surface area contributed by atoms with Crippen molar-refractivity contribution in [1.82, 2.24) is 4.90 Å². The van der Waals surface area contributed by atoms with Gasteiger partial charge in [-0.1, -0.05) is 0 Å². The van der Waals surface area contributed by atoms with Gasteiger partial charge in [0.2, 0.25) is 0 Å². The molecular formula is C16H30N4O5. The highest BCUT2D eigenvalue weighted by Gasteiger charge is 2.36. The Kier molecular flexibility index (Phi) is 8.38. The fourth-order valence-electron chi connectivity index (χ4n) is 1.73. The van der Waals surface area contributed by atoms with Gasteiger partial charge in [0.1, 0.15) is 23.5 Å². The summed E-state index contributed by atoms with van der Waals surface area (Å²) in [5.41, 5.74) is 8.81. The van der Waals surface area contributed by atoms with Gasteiger partial charge in [-0.3, -0.25) is 4.99 Å². The molecule has 2 amide bonds. The molecule has 0 spiro atoms. The predicted molar refractivity (Wildman–Crippen MR) is 94.1 cm³/mol. The predicted octanol–water partition coefficient (Wildman–Crippen LogP) is 1.78. The Hall–Kier alpha value is -2.32. The van der Waals surface area contributed by atoms with Crippen LogP contribution in [-0.4, -0.2) is 53.1 Å². The van der Waals surface area contributed by atoms with Crippen LogP contribution >= 0.6 is 0 Å². The van der Waals surface area contributed by atoms with Crippen LogP contribution in [0.4, 0.5) is 9.59 Å². The first-order valence-electron chi connectivity index (χ1n) is 8.02. The summed E-state index contributed by atoms with van der Waals surface area (Å²) in [6.45, 7) is 10.2. The van der Waals surface area contributed by atoms with Crippen LogP contribution in [0.3, 0.4) is 0 Å². The summed E-state index contributed by atoms with van der Waals surface area (Å²) in [6.07, 6.45) is -0.813. The smallest absolute Gasteiger partial charge is 0.420 e. The largest absolute Gasteiger partial charge is 0.443 e.